The summed E-state index contributed by atoms with van der Waals surface area (Å²) in [5, 5.41) is 0. The molecule has 0 aromatic rings. The van der Waals surface area contributed by atoms with Crippen molar-refractivity contribution >= 4 is 17.7 Å². The Kier molecular flexibility index (Phi) is 1.58. The van der Waals surface area contributed by atoms with Gasteiger partial charge in [0.2, 0.25) is 0 Å². The van der Waals surface area contributed by atoms with Crippen LogP contribution in [0.5, 0.6) is 0 Å². The lowest BCUT2D eigenvalue weighted by atomic mass is 10.3. The van der Waals surface area contributed by atoms with Gasteiger partial charge in [0.1, 0.15) is 0 Å². The Morgan fingerprint density at radius 3 is 3.00 bits per heavy atom. The first kappa shape index (κ1) is 5.69. The highest BCUT2D eigenvalue weighted by atomic mass is 32.2. The zero-order valence-electron chi connectivity index (χ0n) is 4.60. The lowest BCUT2D eigenvalue weighted by Crippen LogP contribution is -2.05. The Balaban J connectivity index is 2.57. The van der Waals surface area contributed by atoms with E-state index in [0.29, 0.717) is 0 Å². The van der Waals surface area contributed by atoms with Crippen LogP contribution in [0.4, 0.5) is 0 Å². The molecule has 0 aromatic heterocycles. The molecule has 1 aliphatic rings. The van der Waals surface area contributed by atoms with E-state index in [-0.39, 0.29) is 5.78 Å². The SMILES string of the molecule is CC(=O)C1=CCSN1. The molecule has 8 heavy (non-hydrogen) atoms. The summed E-state index contributed by atoms with van der Waals surface area (Å²) in [4.78, 5) is 10.5. The molecule has 0 aromatic carbocycles. The minimum absolute atomic E-state index is 0.120. The van der Waals surface area contributed by atoms with Crippen LogP contribution in [0.1, 0.15) is 6.92 Å². The van der Waals surface area contributed by atoms with Gasteiger partial charge in [-0.2, -0.15) is 0 Å². The Morgan fingerprint density at radius 1 is 2.00 bits per heavy atom. The molecule has 0 fully saturated rings. The van der Waals surface area contributed by atoms with Gasteiger partial charge in [0.05, 0.1) is 5.70 Å². The second kappa shape index (κ2) is 2.22. The van der Waals surface area contributed by atoms with E-state index in [9.17, 15) is 4.79 Å². The molecule has 0 amide bonds. The summed E-state index contributed by atoms with van der Waals surface area (Å²) in [5.74, 6) is 1.03. The molecule has 3 heteroatoms. The number of hydrogen-bond acceptors (Lipinski definition) is 3. The fraction of sp³-hybridized carbons (Fsp3) is 0.400. The molecule has 2 nitrogen and oxygen atoms in total. The highest BCUT2D eigenvalue weighted by Gasteiger charge is 2.06. The van der Waals surface area contributed by atoms with Gasteiger partial charge < -0.3 is 4.72 Å². The molecular weight excluding hydrogens is 122 g/mol. The minimum Gasteiger partial charge on any atom is -0.327 e. The summed E-state index contributed by atoms with van der Waals surface area (Å²) < 4.78 is 2.88. The number of allylic oxidation sites excluding steroid dienone is 1. The van der Waals surface area contributed by atoms with E-state index in [1.54, 1.807) is 18.9 Å². The predicted molar refractivity (Wildman–Crippen MR) is 34.4 cm³/mol. The maximum atomic E-state index is 10.5. The van der Waals surface area contributed by atoms with Gasteiger partial charge in [0, 0.05) is 12.7 Å². The first-order valence-corrected chi connectivity index (χ1v) is 3.38. The zero-order valence-corrected chi connectivity index (χ0v) is 5.42. The van der Waals surface area contributed by atoms with Crippen molar-refractivity contribution in [2.24, 2.45) is 0 Å². The van der Waals surface area contributed by atoms with Gasteiger partial charge in [-0.1, -0.05) is 0 Å². The van der Waals surface area contributed by atoms with Crippen LogP contribution in [0.3, 0.4) is 0 Å². The third kappa shape index (κ3) is 1.04. The lowest BCUT2D eigenvalue weighted by Gasteiger charge is -1.93. The van der Waals surface area contributed by atoms with E-state index >= 15 is 0 Å². The Hall–Kier alpha value is -0.440. The average molecular weight is 129 g/mol. The van der Waals surface area contributed by atoms with Gasteiger partial charge in [-0.15, -0.1) is 0 Å². The van der Waals surface area contributed by atoms with Crippen LogP contribution in [0, 0.1) is 0 Å². The van der Waals surface area contributed by atoms with Crippen molar-refractivity contribution in [3.63, 3.8) is 0 Å². The van der Waals surface area contributed by atoms with E-state index in [2.05, 4.69) is 4.72 Å². The van der Waals surface area contributed by atoms with Crippen molar-refractivity contribution in [3.8, 4) is 0 Å². The van der Waals surface area contributed by atoms with Crippen LogP contribution in [0.2, 0.25) is 0 Å². The number of Topliss-reactive ketones (excluding diaryl/α,β-unsaturated/α-hetero) is 1. The number of ketones is 1. The average Bonchev–Trinajstić information content (AvgIpc) is 2.12. The van der Waals surface area contributed by atoms with Crippen LogP contribution in [-0.2, 0) is 4.79 Å². The third-order valence-corrected chi connectivity index (χ3v) is 1.63. The first-order valence-electron chi connectivity index (χ1n) is 2.39. The molecule has 0 atom stereocenters. The molecular formula is C5H7NOS. The lowest BCUT2D eigenvalue weighted by molar-refractivity contribution is -0.113. The Bertz CT molecular complexity index is 141. The molecule has 0 radical (unpaired) electrons. The molecule has 44 valence electrons. The van der Waals surface area contributed by atoms with Crippen LogP contribution < -0.4 is 4.72 Å². The molecule has 1 heterocycles. The summed E-state index contributed by atoms with van der Waals surface area (Å²) >= 11 is 1.55. The number of hydrogen-bond donors (Lipinski definition) is 1. The summed E-state index contributed by atoms with van der Waals surface area (Å²) in [6.07, 6.45) is 1.90. The summed E-state index contributed by atoms with van der Waals surface area (Å²) in [6.45, 7) is 1.56. The maximum absolute atomic E-state index is 10.5. The Labute approximate surface area is 52.5 Å². The fourth-order valence-corrected chi connectivity index (χ4v) is 1.22. The van der Waals surface area contributed by atoms with Crippen LogP contribution >= 0.6 is 11.9 Å². The van der Waals surface area contributed by atoms with Gasteiger partial charge in [-0.05, 0) is 18.0 Å². The Morgan fingerprint density at radius 2 is 2.75 bits per heavy atom. The highest BCUT2D eigenvalue weighted by molar-refractivity contribution is 7.97. The minimum atomic E-state index is 0.120. The molecule has 0 unspecified atom stereocenters. The van der Waals surface area contributed by atoms with Crippen molar-refractivity contribution in [2.45, 2.75) is 6.92 Å². The van der Waals surface area contributed by atoms with Crippen molar-refractivity contribution in [1.82, 2.24) is 4.72 Å². The summed E-state index contributed by atoms with van der Waals surface area (Å²) in [6, 6.07) is 0. The van der Waals surface area contributed by atoms with E-state index in [1.807, 2.05) is 6.08 Å². The van der Waals surface area contributed by atoms with Crippen molar-refractivity contribution in [3.05, 3.63) is 11.8 Å². The smallest absolute Gasteiger partial charge is 0.176 e. The number of carbonyl (C=O) groups excluding carboxylic acids is 1. The largest absolute Gasteiger partial charge is 0.327 e. The van der Waals surface area contributed by atoms with Crippen LogP contribution in [0.15, 0.2) is 11.8 Å². The zero-order chi connectivity index (χ0) is 5.98. The molecule has 1 rings (SSSR count). The number of rotatable bonds is 1. The molecule has 0 aliphatic carbocycles. The van der Waals surface area contributed by atoms with E-state index in [1.165, 1.54) is 0 Å². The molecule has 0 saturated heterocycles. The molecule has 0 bridgehead atoms. The second-order valence-corrected chi connectivity index (χ2v) is 2.41. The van der Waals surface area contributed by atoms with Crippen molar-refractivity contribution < 1.29 is 4.79 Å². The monoisotopic (exact) mass is 129 g/mol. The van der Waals surface area contributed by atoms with E-state index < -0.39 is 0 Å². The van der Waals surface area contributed by atoms with Gasteiger partial charge in [-0.3, -0.25) is 4.79 Å². The second-order valence-electron chi connectivity index (χ2n) is 1.59. The predicted octanol–water partition coefficient (Wildman–Crippen LogP) is 0.711. The summed E-state index contributed by atoms with van der Waals surface area (Å²) in [5.41, 5.74) is 0.745. The van der Waals surface area contributed by atoms with Crippen LogP contribution in [-0.4, -0.2) is 11.5 Å². The maximum Gasteiger partial charge on any atom is 0.176 e. The normalized spacial score (nSPS) is 17.4. The van der Waals surface area contributed by atoms with E-state index in [4.69, 9.17) is 0 Å². The van der Waals surface area contributed by atoms with Gasteiger partial charge in [0.25, 0.3) is 0 Å². The van der Waals surface area contributed by atoms with Gasteiger partial charge in [0.15, 0.2) is 5.78 Å². The topological polar surface area (TPSA) is 29.1 Å². The van der Waals surface area contributed by atoms with Gasteiger partial charge >= 0.3 is 0 Å². The fourth-order valence-electron chi connectivity index (χ4n) is 0.502. The molecule has 1 aliphatic heterocycles. The molecule has 0 saturated carbocycles. The van der Waals surface area contributed by atoms with Crippen molar-refractivity contribution in [2.75, 3.05) is 5.75 Å². The van der Waals surface area contributed by atoms with Crippen molar-refractivity contribution in [1.29, 1.82) is 0 Å². The highest BCUT2D eigenvalue weighted by Crippen LogP contribution is 2.09. The first-order chi connectivity index (χ1) is 3.80. The molecule has 0 spiro atoms. The molecule has 1 N–H and O–H groups in total. The number of nitrogens with one attached hydrogen (secondary N) is 1. The van der Waals surface area contributed by atoms with Crippen LogP contribution in [0.25, 0.3) is 0 Å². The third-order valence-electron chi connectivity index (χ3n) is 0.932. The summed E-state index contributed by atoms with van der Waals surface area (Å²) in [7, 11) is 0. The van der Waals surface area contributed by atoms with E-state index in [0.717, 1.165) is 11.4 Å². The standard InChI is InChI=1S/C5H7NOS/c1-4(7)5-2-3-8-6-5/h2,6H,3H2,1H3. The quantitative estimate of drug-likeness (QED) is 0.529. The van der Waals surface area contributed by atoms with Gasteiger partial charge in [-0.25, -0.2) is 0 Å². The number of carbonyl (C=O) groups is 1.